The van der Waals surface area contributed by atoms with Gasteiger partial charge in [-0.2, -0.15) is 0 Å². The first-order chi connectivity index (χ1) is 13.0. The van der Waals surface area contributed by atoms with Crippen molar-refractivity contribution in [1.29, 1.82) is 0 Å². The van der Waals surface area contributed by atoms with Crippen molar-refractivity contribution in [2.75, 3.05) is 6.54 Å². The molecule has 0 bridgehead atoms. The molecule has 1 N–H and O–H groups in total. The van der Waals surface area contributed by atoms with E-state index in [2.05, 4.69) is 15.9 Å². The minimum Gasteiger partial charge on any atom is -0.445 e. The quantitative estimate of drug-likeness (QED) is 0.774. The molecule has 2 aromatic rings. The van der Waals surface area contributed by atoms with Gasteiger partial charge < -0.3 is 14.7 Å². The molecule has 1 amide bonds. The lowest BCUT2D eigenvalue weighted by atomic mass is 9.92. The van der Waals surface area contributed by atoms with Crippen molar-refractivity contribution in [3.05, 3.63) is 69.9 Å². The molecule has 144 valence electrons. The van der Waals surface area contributed by atoms with Gasteiger partial charge in [0.05, 0.1) is 10.5 Å². The summed E-state index contributed by atoms with van der Waals surface area (Å²) in [6.45, 7) is 0.176. The van der Waals surface area contributed by atoms with Gasteiger partial charge >= 0.3 is 6.09 Å². The molecule has 0 aromatic heterocycles. The van der Waals surface area contributed by atoms with Crippen LogP contribution in [0.2, 0.25) is 0 Å². The molecule has 1 saturated heterocycles. The zero-order valence-corrected chi connectivity index (χ0v) is 16.1. The Morgan fingerprint density at radius 3 is 2.70 bits per heavy atom. The zero-order chi connectivity index (χ0) is 19.4. The van der Waals surface area contributed by atoms with E-state index in [4.69, 9.17) is 4.74 Å². The Balaban J connectivity index is 1.75. The largest absolute Gasteiger partial charge is 0.445 e. The smallest absolute Gasteiger partial charge is 0.410 e. The van der Waals surface area contributed by atoms with Gasteiger partial charge in [0.15, 0.2) is 0 Å². The molecule has 0 radical (unpaired) electrons. The number of nitrogens with zero attached hydrogens (tertiary/aromatic N) is 1. The molecule has 3 rings (SSSR count). The Labute approximate surface area is 164 Å². The van der Waals surface area contributed by atoms with Gasteiger partial charge in [0.1, 0.15) is 24.7 Å². The first-order valence-corrected chi connectivity index (χ1v) is 9.49. The number of likely N-dealkylation sites (tertiary alicyclic amines) is 1. The lowest BCUT2D eigenvalue weighted by Crippen LogP contribution is -2.56. The number of hydrogen-bond donors (Lipinski definition) is 1. The topological polar surface area (TPSA) is 49.8 Å². The molecule has 1 unspecified atom stereocenters. The number of aliphatic hydroxyl groups excluding tert-OH is 1. The minimum absolute atomic E-state index is 0.00665. The minimum atomic E-state index is -1.47. The lowest BCUT2D eigenvalue weighted by Gasteiger charge is -2.40. The molecule has 7 heteroatoms. The standard InChI is InChI=1S/C20H20BrF2NO3/c21-15-8-4-7-14(18(15)23)11-17-19(25)16(22)9-10-24(17)20(26)27-12-13-5-2-1-3-6-13/h1-8,16-17,19,25H,9-12H2/t16-,17?,19+/m0/s1. The van der Waals surface area contributed by atoms with E-state index >= 15 is 0 Å². The number of carbonyl (C=O) groups excluding carboxylic acids is 1. The normalized spacial score (nSPS) is 22.5. The van der Waals surface area contributed by atoms with E-state index in [9.17, 15) is 18.7 Å². The maximum absolute atomic E-state index is 14.3. The highest BCUT2D eigenvalue weighted by Crippen LogP contribution is 2.27. The van der Waals surface area contributed by atoms with Crippen molar-refractivity contribution >= 4 is 22.0 Å². The monoisotopic (exact) mass is 439 g/mol. The predicted octanol–water partition coefficient (Wildman–Crippen LogP) is 4.24. The van der Waals surface area contributed by atoms with Crippen LogP contribution in [0.1, 0.15) is 17.5 Å². The van der Waals surface area contributed by atoms with E-state index in [1.165, 1.54) is 4.90 Å². The molecule has 0 spiro atoms. The summed E-state index contributed by atoms with van der Waals surface area (Å²) in [4.78, 5) is 13.8. The number of amides is 1. The Hall–Kier alpha value is -1.99. The van der Waals surface area contributed by atoms with Crippen LogP contribution in [0.3, 0.4) is 0 Å². The van der Waals surface area contributed by atoms with E-state index in [0.29, 0.717) is 5.56 Å². The van der Waals surface area contributed by atoms with Gasteiger partial charge in [0, 0.05) is 6.54 Å². The summed E-state index contributed by atoms with van der Waals surface area (Å²) in [5.41, 5.74) is 1.12. The summed E-state index contributed by atoms with van der Waals surface area (Å²) in [7, 11) is 0. The van der Waals surface area contributed by atoms with Gasteiger partial charge in [-0.15, -0.1) is 0 Å². The molecule has 2 aromatic carbocycles. The summed E-state index contributed by atoms with van der Waals surface area (Å²) in [6, 6.07) is 13.0. The van der Waals surface area contributed by atoms with Gasteiger partial charge in [-0.05, 0) is 46.0 Å². The Kier molecular flexibility index (Phi) is 6.44. The van der Waals surface area contributed by atoms with E-state index in [0.717, 1.165) is 5.56 Å². The van der Waals surface area contributed by atoms with Crippen LogP contribution in [0.15, 0.2) is 53.0 Å². The molecule has 1 aliphatic rings. The fourth-order valence-corrected chi connectivity index (χ4v) is 3.62. The molecule has 1 fully saturated rings. The van der Waals surface area contributed by atoms with Crippen LogP contribution in [0.5, 0.6) is 0 Å². The highest BCUT2D eigenvalue weighted by molar-refractivity contribution is 9.10. The first-order valence-electron chi connectivity index (χ1n) is 8.69. The number of hydrogen-bond acceptors (Lipinski definition) is 3. The SMILES string of the molecule is O=C(OCc1ccccc1)N1CC[C@H](F)[C@@H](O)C1Cc1cccc(Br)c1F. The average molecular weight is 440 g/mol. The van der Waals surface area contributed by atoms with Gasteiger partial charge in [0.25, 0.3) is 0 Å². The van der Waals surface area contributed by atoms with Crippen molar-refractivity contribution in [3.63, 3.8) is 0 Å². The number of rotatable bonds is 4. The molecule has 27 heavy (non-hydrogen) atoms. The Morgan fingerprint density at radius 1 is 1.22 bits per heavy atom. The second kappa shape index (κ2) is 8.80. The predicted molar refractivity (Wildman–Crippen MR) is 100 cm³/mol. The van der Waals surface area contributed by atoms with Crippen LogP contribution in [-0.4, -0.2) is 41.0 Å². The molecule has 4 nitrogen and oxygen atoms in total. The summed E-state index contributed by atoms with van der Waals surface area (Å²) in [5.74, 6) is -0.483. The third kappa shape index (κ3) is 4.65. The number of aliphatic hydroxyl groups is 1. The van der Waals surface area contributed by atoms with Crippen LogP contribution < -0.4 is 0 Å². The van der Waals surface area contributed by atoms with E-state index in [1.807, 2.05) is 30.3 Å². The first kappa shape index (κ1) is 19.8. The van der Waals surface area contributed by atoms with E-state index in [-0.39, 0.29) is 30.5 Å². The zero-order valence-electron chi connectivity index (χ0n) is 14.5. The molecular formula is C20H20BrF2NO3. The van der Waals surface area contributed by atoms with Gasteiger partial charge in [-0.1, -0.05) is 42.5 Å². The Morgan fingerprint density at radius 2 is 1.96 bits per heavy atom. The summed E-state index contributed by atoms with van der Waals surface area (Å²) < 4.78 is 34.0. The second-order valence-corrected chi connectivity index (χ2v) is 7.37. The highest BCUT2D eigenvalue weighted by atomic mass is 79.9. The summed E-state index contributed by atoms with van der Waals surface area (Å²) in [6.07, 6.45) is -3.51. The summed E-state index contributed by atoms with van der Waals surface area (Å²) >= 11 is 3.12. The Bertz CT molecular complexity index is 790. The number of alkyl halides is 1. The maximum atomic E-state index is 14.3. The van der Waals surface area contributed by atoms with Crippen molar-refractivity contribution in [2.45, 2.75) is 37.8 Å². The maximum Gasteiger partial charge on any atom is 0.410 e. The van der Waals surface area contributed by atoms with Gasteiger partial charge in [-0.25, -0.2) is 13.6 Å². The third-order valence-corrected chi connectivity index (χ3v) is 5.32. The van der Waals surface area contributed by atoms with E-state index < -0.39 is 30.2 Å². The molecule has 1 aliphatic heterocycles. The average Bonchev–Trinajstić information content (AvgIpc) is 2.68. The molecule has 0 saturated carbocycles. The van der Waals surface area contributed by atoms with Crippen molar-refractivity contribution < 1.29 is 23.4 Å². The highest BCUT2D eigenvalue weighted by Gasteiger charge is 2.40. The van der Waals surface area contributed by atoms with Crippen molar-refractivity contribution in [2.24, 2.45) is 0 Å². The van der Waals surface area contributed by atoms with Crippen LogP contribution in [0.4, 0.5) is 13.6 Å². The lowest BCUT2D eigenvalue weighted by molar-refractivity contribution is -0.0408. The van der Waals surface area contributed by atoms with Crippen LogP contribution in [0.25, 0.3) is 0 Å². The van der Waals surface area contributed by atoms with Gasteiger partial charge in [0.2, 0.25) is 0 Å². The summed E-state index contributed by atoms with van der Waals surface area (Å²) in [5, 5.41) is 10.3. The third-order valence-electron chi connectivity index (χ3n) is 4.71. The van der Waals surface area contributed by atoms with Crippen LogP contribution in [0, 0.1) is 5.82 Å². The number of halogens is 3. The van der Waals surface area contributed by atoms with Gasteiger partial charge in [-0.3, -0.25) is 0 Å². The number of ether oxygens (including phenoxy) is 1. The number of carbonyl (C=O) groups is 1. The van der Waals surface area contributed by atoms with Crippen molar-refractivity contribution in [3.8, 4) is 0 Å². The molecular weight excluding hydrogens is 420 g/mol. The fourth-order valence-electron chi connectivity index (χ4n) is 3.22. The fraction of sp³-hybridized carbons (Fsp3) is 0.350. The second-order valence-electron chi connectivity index (χ2n) is 6.51. The van der Waals surface area contributed by atoms with Crippen LogP contribution >= 0.6 is 15.9 Å². The molecule has 1 heterocycles. The molecule has 0 aliphatic carbocycles. The molecule has 3 atom stereocenters. The van der Waals surface area contributed by atoms with E-state index in [1.54, 1.807) is 18.2 Å². The number of piperidine rings is 1. The van der Waals surface area contributed by atoms with Crippen molar-refractivity contribution in [1.82, 2.24) is 4.90 Å². The van der Waals surface area contributed by atoms with Crippen LogP contribution in [-0.2, 0) is 17.8 Å². The number of benzene rings is 2.